The van der Waals surface area contributed by atoms with E-state index in [2.05, 4.69) is 30.4 Å². The van der Waals surface area contributed by atoms with Crippen LogP contribution in [0.25, 0.3) is 22.2 Å². The molecule has 1 aromatic heterocycles. The summed E-state index contributed by atoms with van der Waals surface area (Å²) < 4.78 is 5.35. The molecule has 0 atom stereocenters. The van der Waals surface area contributed by atoms with Gasteiger partial charge < -0.3 is 10.1 Å². The largest absolute Gasteiger partial charge is 0.496 e. The zero-order valence-corrected chi connectivity index (χ0v) is 16.0. The summed E-state index contributed by atoms with van der Waals surface area (Å²) in [6, 6.07) is 14.7. The second-order valence-corrected chi connectivity index (χ2v) is 7.38. The van der Waals surface area contributed by atoms with E-state index >= 15 is 0 Å². The highest BCUT2D eigenvalue weighted by atomic mass is 16.5. The molecule has 1 aliphatic rings. The molecule has 138 valence electrons. The van der Waals surface area contributed by atoms with E-state index < -0.39 is 0 Å². The molecule has 4 nitrogen and oxygen atoms in total. The van der Waals surface area contributed by atoms with Crippen LogP contribution in [-0.4, -0.2) is 24.0 Å². The Kier molecular flexibility index (Phi) is 4.56. The fourth-order valence-electron chi connectivity index (χ4n) is 3.43. The van der Waals surface area contributed by atoms with Crippen LogP contribution < -0.4 is 10.1 Å². The lowest BCUT2D eigenvalue weighted by atomic mass is 10.0. The van der Waals surface area contributed by atoms with Gasteiger partial charge in [0.05, 0.1) is 24.7 Å². The normalized spacial score (nSPS) is 13.6. The molecule has 4 heteroatoms. The van der Waals surface area contributed by atoms with E-state index in [0.717, 1.165) is 57.4 Å². The maximum Gasteiger partial charge on any atom is 0.224 e. The van der Waals surface area contributed by atoms with E-state index in [0.29, 0.717) is 12.5 Å². The number of nitrogens with one attached hydrogen (secondary N) is 1. The van der Waals surface area contributed by atoms with Gasteiger partial charge in [0, 0.05) is 17.0 Å². The summed E-state index contributed by atoms with van der Waals surface area (Å²) in [7, 11) is 1.68. The van der Waals surface area contributed by atoms with Gasteiger partial charge in [0.2, 0.25) is 5.91 Å². The number of methoxy groups -OCH3 is 1. The summed E-state index contributed by atoms with van der Waals surface area (Å²) >= 11 is 0. The number of rotatable bonds is 5. The molecule has 27 heavy (non-hydrogen) atoms. The number of hydrogen-bond acceptors (Lipinski definition) is 3. The van der Waals surface area contributed by atoms with Gasteiger partial charge in [-0.05, 0) is 79.8 Å². The Morgan fingerprint density at radius 2 is 1.93 bits per heavy atom. The van der Waals surface area contributed by atoms with Crippen molar-refractivity contribution in [3.8, 4) is 17.0 Å². The van der Waals surface area contributed by atoms with E-state index in [4.69, 9.17) is 9.72 Å². The molecule has 1 N–H and O–H groups in total. The number of carbonyl (C=O) groups is 1. The number of aryl methyl sites for hydroxylation is 2. The molecule has 1 heterocycles. The molecular formula is C23H24N2O2. The molecule has 1 amide bonds. The number of carbonyl (C=O) groups excluding carboxylic acids is 1. The highest BCUT2D eigenvalue weighted by Crippen LogP contribution is 2.28. The van der Waals surface area contributed by atoms with Crippen LogP contribution >= 0.6 is 0 Å². The molecule has 0 bridgehead atoms. The molecule has 0 aliphatic heterocycles. The average Bonchev–Trinajstić information content (AvgIpc) is 3.45. The Labute approximate surface area is 159 Å². The molecule has 4 rings (SSSR count). The summed E-state index contributed by atoms with van der Waals surface area (Å²) in [6.45, 7) is 4.13. The van der Waals surface area contributed by atoms with E-state index in [9.17, 15) is 4.79 Å². The predicted octanol–water partition coefficient (Wildman–Crippen LogP) is 4.35. The minimum Gasteiger partial charge on any atom is -0.496 e. The molecule has 3 aromatic rings. The predicted molar refractivity (Wildman–Crippen MR) is 108 cm³/mol. The van der Waals surface area contributed by atoms with E-state index in [1.54, 1.807) is 7.11 Å². The number of pyridine rings is 1. The minimum atomic E-state index is 0.104. The van der Waals surface area contributed by atoms with Crippen molar-refractivity contribution in [2.24, 2.45) is 0 Å². The molecule has 0 radical (unpaired) electrons. The Morgan fingerprint density at radius 1 is 1.11 bits per heavy atom. The van der Waals surface area contributed by atoms with E-state index in [1.807, 2.05) is 31.2 Å². The number of ether oxygens (including phenoxy) is 1. The lowest BCUT2D eigenvalue weighted by Crippen LogP contribution is -2.26. The van der Waals surface area contributed by atoms with Crippen LogP contribution in [0.3, 0.4) is 0 Å². The maximum absolute atomic E-state index is 12.1. The summed E-state index contributed by atoms with van der Waals surface area (Å²) in [6.07, 6.45) is 2.64. The first-order valence-corrected chi connectivity index (χ1v) is 9.38. The topological polar surface area (TPSA) is 51.2 Å². The summed E-state index contributed by atoms with van der Waals surface area (Å²) in [5.41, 5.74) is 6.25. The second kappa shape index (κ2) is 7.03. The van der Waals surface area contributed by atoms with Crippen molar-refractivity contribution in [3.63, 3.8) is 0 Å². The molecule has 0 saturated heterocycles. The lowest BCUT2D eigenvalue weighted by Gasteiger charge is -2.11. The molecular weight excluding hydrogens is 336 g/mol. The molecule has 1 fully saturated rings. The van der Waals surface area contributed by atoms with Gasteiger partial charge in [-0.1, -0.05) is 6.07 Å². The van der Waals surface area contributed by atoms with Crippen molar-refractivity contribution in [1.29, 1.82) is 0 Å². The van der Waals surface area contributed by atoms with Gasteiger partial charge in [0.25, 0.3) is 0 Å². The Balaban J connectivity index is 1.64. The summed E-state index contributed by atoms with van der Waals surface area (Å²) in [4.78, 5) is 16.9. The Bertz CT molecular complexity index is 1020. The third kappa shape index (κ3) is 3.80. The van der Waals surface area contributed by atoms with E-state index in [1.165, 1.54) is 0 Å². The molecule has 2 aromatic carbocycles. The second-order valence-electron chi connectivity index (χ2n) is 7.38. The van der Waals surface area contributed by atoms with Gasteiger partial charge >= 0.3 is 0 Å². The number of aromatic nitrogens is 1. The van der Waals surface area contributed by atoms with Crippen molar-refractivity contribution in [2.75, 3.05) is 7.11 Å². The minimum absolute atomic E-state index is 0.104. The van der Waals surface area contributed by atoms with Crippen LogP contribution in [0, 0.1) is 13.8 Å². The van der Waals surface area contributed by atoms with Crippen molar-refractivity contribution in [1.82, 2.24) is 10.3 Å². The van der Waals surface area contributed by atoms with Gasteiger partial charge in [0.1, 0.15) is 5.75 Å². The SMILES string of the molecule is COc1ccc(-c2cc(C)c3cc(CC(=O)NC4CC4)ccc3n2)cc1C. The van der Waals surface area contributed by atoms with Gasteiger partial charge in [-0.25, -0.2) is 4.98 Å². The Morgan fingerprint density at radius 3 is 2.63 bits per heavy atom. The van der Waals surface area contributed by atoms with Crippen LogP contribution in [0.15, 0.2) is 42.5 Å². The number of nitrogens with zero attached hydrogens (tertiary/aromatic N) is 1. The van der Waals surface area contributed by atoms with Crippen LogP contribution in [0.1, 0.15) is 29.5 Å². The van der Waals surface area contributed by atoms with Crippen molar-refractivity contribution >= 4 is 16.8 Å². The van der Waals surface area contributed by atoms with E-state index in [-0.39, 0.29) is 5.91 Å². The quantitative estimate of drug-likeness (QED) is 0.736. The highest BCUT2D eigenvalue weighted by Gasteiger charge is 2.23. The summed E-state index contributed by atoms with van der Waals surface area (Å²) in [5.74, 6) is 0.984. The van der Waals surface area contributed by atoms with Gasteiger partial charge in [-0.3, -0.25) is 4.79 Å². The molecule has 0 spiro atoms. The third-order valence-electron chi connectivity index (χ3n) is 5.08. The van der Waals surface area contributed by atoms with Crippen LogP contribution in [0.5, 0.6) is 5.75 Å². The standard InChI is InChI=1S/C23H24N2O2/c1-14-11-21(17-5-9-22(27-3)15(2)10-17)25-20-8-4-16(12-19(14)20)13-23(26)24-18-6-7-18/h4-5,8-12,18H,6-7,13H2,1-3H3,(H,24,26). The first-order valence-electron chi connectivity index (χ1n) is 9.38. The summed E-state index contributed by atoms with van der Waals surface area (Å²) in [5, 5.41) is 4.14. The van der Waals surface area contributed by atoms with Gasteiger partial charge in [0.15, 0.2) is 0 Å². The van der Waals surface area contributed by atoms with Crippen molar-refractivity contribution in [3.05, 3.63) is 59.2 Å². The highest BCUT2D eigenvalue weighted by molar-refractivity contribution is 5.87. The first kappa shape index (κ1) is 17.5. The maximum atomic E-state index is 12.1. The van der Waals surface area contributed by atoms with Crippen molar-refractivity contribution in [2.45, 2.75) is 39.2 Å². The molecule has 1 aliphatic carbocycles. The zero-order valence-electron chi connectivity index (χ0n) is 16.0. The average molecular weight is 360 g/mol. The third-order valence-corrected chi connectivity index (χ3v) is 5.08. The fourth-order valence-corrected chi connectivity index (χ4v) is 3.43. The van der Waals surface area contributed by atoms with Crippen LogP contribution in [-0.2, 0) is 11.2 Å². The molecule has 1 saturated carbocycles. The van der Waals surface area contributed by atoms with Gasteiger partial charge in [-0.15, -0.1) is 0 Å². The number of hydrogen-bond donors (Lipinski definition) is 1. The molecule has 0 unspecified atom stereocenters. The lowest BCUT2D eigenvalue weighted by molar-refractivity contribution is -0.120. The zero-order chi connectivity index (χ0) is 19.0. The smallest absolute Gasteiger partial charge is 0.224 e. The Hall–Kier alpha value is -2.88. The monoisotopic (exact) mass is 360 g/mol. The van der Waals surface area contributed by atoms with Crippen LogP contribution in [0.4, 0.5) is 0 Å². The van der Waals surface area contributed by atoms with Gasteiger partial charge in [-0.2, -0.15) is 0 Å². The number of fused-ring (bicyclic) bond motifs is 1. The number of benzene rings is 2. The fraction of sp³-hybridized carbons (Fsp3) is 0.304. The number of amides is 1. The van der Waals surface area contributed by atoms with Crippen molar-refractivity contribution < 1.29 is 9.53 Å². The van der Waals surface area contributed by atoms with Crippen LogP contribution in [0.2, 0.25) is 0 Å². The first-order chi connectivity index (χ1) is 13.0.